The van der Waals surface area contributed by atoms with Crippen molar-refractivity contribution in [3.8, 4) is 0 Å². The average molecular weight is 342 g/mol. The molecule has 24 heavy (non-hydrogen) atoms. The molecule has 0 aromatic heterocycles. The zero-order valence-corrected chi connectivity index (χ0v) is 14.4. The molecule has 4 nitrogen and oxygen atoms in total. The van der Waals surface area contributed by atoms with Gasteiger partial charge >= 0.3 is 0 Å². The number of guanidine groups is 1. The molecule has 0 atom stereocenters. The highest BCUT2D eigenvalue weighted by Crippen LogP contribution is 2.38. The number of aliphatic imine (C=N–C) groups is 1. The number of aryl methyl sites for hydroxylation is 1. The summed E-state index contributed by atoms with van der Waals surface area (Å²) in [6.45, 7) is 4.15. The first-order valence-corrected chi connectivity index (χ1v) is 8.02. The fourth-order valence-corrected chi connectivity index (χ4v) is 3.21. The van der Waals surface area contributed by atoms with Crippen molar-refractivity contribution in [2.75, 3.05) is 29.4 Å². The van der Waals surface area contributed by atoms with Gasteiger partial charge in [0.25, 0.3) is 0 Å². The maximum absolute atomic E-state index is 12.7. The fourth-order valence-electron chi connectivity index (χ4n) is 3.21. The van der Waals surface area contributed by atoms with Gasteiger partial charge in [-0.1, -0.05) is 42.0 Å². The molecule has 4 rings (SSSR count). The van der Waals surface area contributed by atoms with Crippen LogP contribution in [0, 0.1) is 6.92 Å². The van der Waals surface area contributed by atoms with Gasteiger partial charge in [0.2, 0.25) is 5.96 Å². The predicted molar refractivity (Wildman–Crippen MR) is 101 cm³/mol. The molecule has 2 aromatic carbocycles. The Morgan fingerprint density at radius 3 is 2.54 bits per heavy atom. The molecule has 0 fully saturated rings. The quantitative estimate of drug-likeness (QED) is 0.799. The van der Waals surface area contributed by atoms with Gasteiger partial charge in [-0.3, -0.25) is 9.79 Å². The van der Waals surface area contributed by atoms with E-state index in [4.69, 9.17) is 0 Å². The number of hydrogen-bond donors (Lipinski definition) is 0. The smallest absolute Gasteiger partial charge is 0.206 e. The summed E-state index contributed by atoms with van der Waals surface area (Å²) in [5.41, 5.74) is 4.15. The van der Waals surface area contributed by atoms with E-state index in [1.807, 2.05) is 43.3 Å². The molecule has 0 saturated heterocycles. The lowest BCUT2D eigenvalue weighted by Crippen LogP contribution is -2.43. The number of para-hydroxylation sites is 2. The Bertz CT molecular complexity index is 785. The van der Waals surface area contributed by atoms with E-state index in [9.17, 15) is 4.79 Å². The molecule has 0 bridgehead atoms. The lowest BCUT2D eigenvalue weighted by atomic mass is 10.1. The van der Waals surface area contributed by atoms with Crippen molar-refractivity contribution in [1.29, 1.82) is 0 Å². The topological polar surface area (TPSA) is 35.9 Å². The molecule has 124 valence electrons. The summed E-state index contributed by atoms with van der Waals surface area (Å²) in [6, 6.07) is 16.0. The van der Waals surface area contributed by atoms with Gasteiger partial charge in [-0.25, -0.2) is 0 Å². The molecular weight excluding hydrogens is 322 g/mol. The summed E-state index contributed by atoms with van der Waals surface area (Å²) in [4.78, 5) is 21.6. The molecule has 2 aliphatic rings. The normalized spacial score (nSPS) is 15.3. The standard InChI is InChI=1S/C19H19N3O.ClH/c1-14-7-9-15(10-8-14)18(23)13-22-17-6-3-2-5-16(17)21-12-4-11-20-19(21)22;/h2-3,5-10H,4,11-13H2,1H3;1H. The Balaban J connectivity index is 0.00000169. The molecule has 0 aliphatic carbocycles. The number of anilines is 2. The number of rotatable bonds is 3. The number of hydrogen-bond acceptors (Lipinski definition) is 4. The van der Waals surface area contributed by atoms with Gasteiger partial charge in [0.05, 0.1) is 17.9 Å². The van der Waals surface area contributed by atoms with E-state index < -0.39 is 0 Å². The van der Waals surface area contributed by atoms with E-state index >= 15 is 0 Å². The minimum Gasteiger partial charge on any atom is -0.310 e. The van der Waals surface area contributed by atoms with Crippen LogP contribution in [0.4, 0.5) is 11.4 Å². The fraction of sp³-hybridized carbons (Fsp3) is 0.263. The number of Topliss-reactive ketones (excluding diaryl/α,β-unsaturated/α-hetero) is 1. The molecule has 0 saturated carbocycles. The number of carbonyl (C=O) groups is 1. The van der Waals surface area contributed by atoms with Crippen molar-refractivity contribution in [3.05, 3.63) is 59.7 Å². The third-order valence-corrected chi connectivity index (χ3v) is 4.41. The van der Waals surface area contributed by atoms with E-state index in [0.29, 0.717) is 6.54 Å². The van der Waals surface area contributed by atoms with Crippen LogP contribution in [0.5, 0.6) is 0 Å². The molecule has 0 unspecified atom stereocenters. The minimum atomic E-state index is 0. The first-order valence-electron chi connectivity index (χ1n) is 8.02. The average Bonchev–Trinajstić information content (AvgIpc) is 2.90. The molecular formula is C19H20ClN3O. The maximum atomic E-state index is 12.7. The van der Waals surface area contributed by atoms with Gasteiger partial charge in [-0.15, -0.1) is 12.4 Å². The number of halogens is 1. The van der Waals surface area contributed by atoms with E-state index in [1.54, 1.807) is 0 Å². The summed E-state index contributed by atoms with van der Waals surface area (Å²) in [7, 11) is 0. The summed E-state index contributed by atoms with van der Waals surface area (Å²) in [6.07, 6.45) is 1.05. The Morgan fingerprint density at radius 1 is 1.08 bits per heavy atom. The second-order valence-corrected chi connectivity index (χ2v) is 6.05. The van der Waals surface area contributed by atoms with Gasteiger partial charge in [-0.2, -0.15) is 0 Å². The van der Waals surface area contributed by atoms with Crippen LogP contribution in [0.3, 0.4) is 0 Å². The van der Waals surface area contributed by atoms with Crippen LogP contribution in [-0.4, -0.2) is 31.4 Å². The third-order valence-electron chi connectivity index (χ3n) is 4.41. The predicted octanol–water partition coefficient (Wildman–Crippen LogP) is 3.69. The third kappa shape index (κ3) is 2.78. The number of fused-ring (bicyclic) bond motifs is 3. The van der Waals surface area contributed by atoms with E-state index in [1.165, 1.54) is 0 Å². The van der Waals surface area contributed by atoms with Crippen molar-refractivity contribution < 1.29 is 4.79 Å². The van der Waals surface area contributed by atoms with Crippen molar-refractivity contribution in [2.24, 2.45) is 4.99 Å². The minimum absolute atomic E-state index is 0. The summed E-state index contributed by atoms with van der Waals surface area (Å²) < 4.78 is 0. The highest BCUT2D eigenvalue weighted by Gasteiger charge is 2.34. The highest BCUT2D eigenvalue weighted by molar-refractivity contribution is 6.19. The first-order chi connectivity index (χ1) is 11.2. The second-order valence-electron chi connectivity index (χ2n) is 6.05. The molecule has 0 radical (unpaired) electrons. The zero-order valence-electron chi connectivity index (χ0n) is 13.6. The van der Waals surface area contributed by atoms with Gasteiger partial charge in [0.15, 0.2) is 5.78 Å². The molecule has 5 heteroatoms. The summed E-state index contributed by atoms with van der Waals surface area (Å²) >= 11 is 0. The van der Waals surface area contributed by atoms with Gasteiger partial charge in [0, 0.05) is 18.7 Å². The Kier molecular flexibility index (Phi) is 4.58. The summed E-state index contributed by atoms with van der Waals surface area (Å²) in [5.74, 6) is 1.04. The molecule has 2 aliphatic heterocycles. The Morgan fingerprint density at radius 2 is 1.79 bits per heavy atom. The molecule has 2 aromatic rings. The number of benzene rings is 2. The van der Waals surface area contributed by atoms with Gasteiger partial charge in [-0.05, 0) is 25.5 Å². The molecule has 0 spiro atoms. The van der Waals surface area contributed by atoms with E-state index in [0.717, 1.165) is 48.0 Å². The van der Waals surface area contributed by atoms with Crippen LogP contribution in [0.1, 0.15) is 22.3 Å². The maximum Gasteiger partial charge on any atom is 0.206 e. The highest BCUT2D eigenvalue weighted by atomic mass is 35.5. The largest absolute Gasteiger partial charge is 0.310 e. The van der Waals surface area contributed by atoms with Crippen molar-refractivity contribution in [3.63, 3.8) is 0 Å². The van der Waals surface area contributed by atoms with Crippen molar-refractivity contribution >= 4 is 35.5 Å². The Hall–Kier alpha value is -2.33. The number of ketones is 1. The lowest BCUT2D eigenvalue weighted by molar-refractivity contribution is 0.100. The first kappa shape index (κ1) is 16.5. The van der Waals surface area contributed by atoms with Gasteiger partial charge in [0.1, 0.15) is 0 Å². The molecule has 0 amide bonds. The molecule has 0 N–H and O–H groups in total. The number of carbonyl (C=O) groups excluding carboxylic acids is 1. The molecule has 2 heterocycles. The zero-order chi connectivity index (χ0) is 15.8. The van der Waals surface area contributed by atoms with Crippen LogP contribution in [-0.2, 0) is 0 Å². The van der Waals surface area contributed by atoms with E-state index in [2.05, 4.69) is 26.9 Å². The van der Waals surface area contributed by atoms with Crippen LogP contribution < -0.4 is 9.80 Å². The van der Waals surface area contributed by atoms with Crippen molar-refractivity contribution in [1.82, 2.24) is 0 Å². The van der Waals surface area contributed by atoms with Crippen LogP contribution in [0.2, 0.25) is 0 Å². The lowest BCUT2D eigenvalue weighted by Gasteiger charge is -2.26. The van der Waals surface area contributed by atoms with Crippen LogP contribution in [0.15, 0.2) is 53.5 Å². The summed E-state index contributed by atoms with van der Waals surface area (Å²) in [5, 5.41) is 0. The second kappa shape index (κ2) is 6.65. The Labute approximate surface area is 148 Å². The van der Waals surface area contributed by atoms with Crippen LogP contribution >= 0.6 is 12.4 Å². The SMILES string of the molecule is Cc1ccc(C(=O)CN2C3=NCCCN3c3ccccc32)cc1.Cl. The van der Waals surface area contributed by atoms with Gasteiger partial charge < -0.3 is 9.80 Å². The van der Waals surface area contributed by atoms with Crippen LogP contribution in [0.25, 0.3) is 0 Å². The van der Waals surface area contributed by atoms with E-state index in [-0.39, 0.29) is 18.2 Å². The van der Waals surface area contributed by atoms with Crippen molar-refractivity contribution in [2.45, 2.75) is 13.3 Å². The number of nitrogens with zero attached hydrogens (tertiary/aromatic N) is 3. The monoisotopic (exact) mass is 341 g/mol.